The van der Waals surface area contributed by atoms with Crippen LogP contribution < -0.4 is 5.32 Å². The van der Waals surface area contributed by atoms with E-state index >= 15 is 0 Å². The molecule has 0 radical (unpaired) electrons. The number of ether oxygens (including phenoxy) is 1. The molecule has 0 amide bonds. The zero-order valence-corrected chi connectivity index (χ0v) is 10.2. The third kappa shape index (κ3) is 5.96. The third-order valence-electron chi connectivity index (χ3n) is 2.59. The lowest BCUT2D eigenvalue weighted by Gasteiger charge is -2.13. The highest BCUT2D eigenvalue weighted by Crippen LogP contribution is 2.29. The molecule has 2 atom stereocenters. The Balaban J connectivity index is 2.02. The van der Waals surface area contributed by atoms with Gasteiger partial charge in [0.1, 0.15) is 0 Å². The highest BCUT2D eigenvalue weighted by molar-refractivity contribution is 7.99. The van der Waals surface area contributed by atoms with Crippen molar-refractivity contribution in [3.05, 3.63) is 0 Å². The Labute approximate surface area is 98.3 Å². The van der Waals surface area contributed by atoms with Gasteiger partial charge in [0.05, 0.1) is 6.61 Å². The molecular formula is C10H18F3NOS. The standard InChI is InChI=1S/C10H18F3NOS/c1-2-16-9-4-3-8(7-9)14-5-6-15-10(11,12)13/h8-9,14H,2-7H2,1H3. The van der Waals surface area contributed by atoms with Crippen LogP contribution in [0.25, 0.3) is 0 Å². The number of rotatable bonds is 6. The summed E-state index contributed by atoms with van der Waals surface area (Å²) >= 11 is 1.93. The van der Waals surface area contributed by atoms with Gasteiger partial charge < -0.3 is 5.32 Å². The molecule has 1 rings (SSSR count). The van der Waals surface area contributed by atoms with Gasteiger partial charge in [-0.25, -0.2) is 0 Å². The summed E-state index contributed by atoms with van der Waals surface area (Å²) in [5.41, 5.74) is 0. The zero-order valence-electron chi connectivity index (χ0n) is 9.35. The second kappa shape index (κ2) is 6.71. The van der Waals surface area contributed by atoms with Gasteiger partial charge in [-0.15, -0.1) is 13.2 Å². The average molecular weight is 257 g/mol. The average Bonchev–Trinajstić information content (AvgIpc) is 2.60. The molecule has 0 aromatic heterocycles. The van der Waals surface area contributed by atoms with Crippen molar-refractivity contribution in [3.63, 3.8) is 0 Å². The molecule has 0 aliphatic heterocycles. The van der Waals surface area contributed by atoms with Crippen LogP contribution in [0.4, 0.5) is 13.2 Å². The van der Waals surface area contributed by atoms with E-state index in [9.17, 15) is 13.2 Å². The summed E-state index contributed by atoms with van der Waals surface area (Å²) in [6.07, 6.45) is -1.22. The van der Waals surface area contributed by atoms with Crippen molar-refractivity contribution < 1.29 is 17.9 Å². The van der Waals surface area contributed by atoms with Crippen molar-refractivity contribution >= 4 is 11.8 Å². The van der Waals surface area contributed by atoms with Crippen LogP contribution in [0.2, 0.25) is 0 Å². The van der Waals surface area contributed by atoms with Crippen LogP contribution in [0.3, 0.4) is 0 Å². The first-order valence-corrected chi connectivity index (χ1v) is 6.62. The maximum Gasteiger partial charge on any atom is 0.522 e. The van der Waals surface area contributed by atoms with E-state index < -0.39 is 6.36 Å². The topological polar surface area (TPSA) is 21.3 Å². The monoisotopic (exact) mass is 257 g/mol. The summed E-state index contributed by atoms with van der Waals surface area (Å²) < 4.78 is 38.7. The maximum absolute atomic E-state index is 11.7. The van der Waals surface area contributed by atoms with Crippen LogP contribution in [-0.2, 0) is 4.74 Å². The minimum absolute atomic E-state index is 0.272. The molecule has 0 bridgehead atoms. The molecule has 96 valence electrons. The summed E-state index contributed by atoms with van der Waals surface area (Å²) in [7, 11) is 0. The van der Waals surface area contributed by atoms with Crippen LogP contribution in [0.1, 0.15) is 26.2 Å². The molecule has 0 saturated heterocycles. The molecule has 1 saturated carbocycles. The van der Waals surface area contributed by atoms with Gasteiger partial charge in [-0.1, -0.05) is 6.92 Å². The normalized spacial score (nSPS) is 26.2. The lowest BCUT2D eigenvalue weighted by Crippen LogP contribution is -2.31. The molecule has 1 N–H and O–H groups in total. The SMILES string of the molecule is CCSC1CCC(NCCOC(F)(F)F)C1. The smallest absolute Gasteiger partial charge is 0.312 e. The first-order valence-electron chi connectivity index (χ1n) is 5.57. The fourth-order valence-corrected chi connectivity index (χ4v) is 3.08. The van der Waals surface area contributed by atoms with E-state index in [1.807, 2.05) is 11.8 Å². The number of alkyl halides is 3. The highest BCUT2D eigenvalue weighted by atomic mass is 32.2. The third-order valence-corrected chi connectivity index (χ3v) is 3.82. The molecule has 0 spiro atoms. The largest absolute Gasteiger partial charge is 0.522 e. The lowest BCUT2D eigenvalue weighted by atomic mass is 10.2. The maximum atomic E-state index is 11.7. The molecule has 2 unspecified atom stereocenters. The molecule has 6 heteroatoms. The first kappa shape index (κ1) is 14.1. The highest BCUT2D eigenvalue weighted by Gasteiger charge is 2.29. The van der Waals surface area contributed by atoms with Crippen LogP contribution in [0.15, 0.2) is 0 Å². The van der Waals surface area contributed by atoms with Crippen LogP contribution in [0.5, 0.6) is 0 Å². The van der Waals surface area contributed by atoms with Gasteiger partial charge in [0.25, 0.3) is 0 Å². The Morgan fingerprint density at radius 1 is 1.38 bits per heavy atom. The Morgan fingerprint density at radius 2 is 2.12 bits per heavy atom. The van der Waals surface area contributed by atoms with Crippen molar-refractivity contribution in [2.45, 2.75) is 43.8 Å². The van der Waals surface area contributed by atoms with Gasteiger partial charge in [-0.05, 0) is 25.0 Å². The van der Waals surface area contributed by atoms with Gasteiger partial charge >= 0.3 is 6.36 Å². The summed E-state index contributed by atoms with van der Waals surface area (Å²) in [6.45, 7) is 2.10. The van der Waals surface area contributed by atoms with E-state index in [0.29, 0.717) is 11.3 Å². The quantitative estimate of drug-likeness (QED) is 0.739. The number of hydrogen-bond acceptors (Lipinski definition) is 3. The molecule has 0 aromatic rings. The fraction of sp³-hybridized carbons (Fsp3) is 1.00. The second-order valence-corrected chi connectivity index (χ2v) is 5.41. The van der Waals surface area contributed by atoms with Gasteiger partial charge in [0, 0.05) is 17.8 Å². The molecule has 0 heterocycles. The summed E-state index contributed by atoms with van der Waals surface area (Å²) in [5.74, 6) is 1.11. The molecule has 1 aliphatic carbocycles. The minimum Gasteiger partial charge on any atom is -0.312 e. The molecule has 1 fully saturated rings. The Hall–Kier alpha value is 0.0600. The van der Waals surface area contributed by atoms with Crippen molar-refractivity contribution in [2.24, 2.45) is 0 Å². The number of thioether (sulfide) groups is 1. The summed E-state index contributed by atoms with van der Waals surface area (Å²) in [4.78, 5) is 0. The Morgan fingerprint density at radius 3 is 2.75 bits per heavy atom. The summed E-state index contributed by atoms with van der Waals surface area (Å²) in [5, 5.41) is 3.78. The first-order chi connectivity index (χ1) is 7.51. The van der Waals surface area contributed by atoms with Crippen molar-refractivity contribution in [3.8, 4) is 0 Å². The molecule has 16 heavy (non-hydrogen) atoms. The van der Waals surface area contributed by atoms with E-state index in [1.165, 1.54) is 0 Å². The van der Waals surface area contributed by atoms with Gasteiger partial charge in [-0.2, -0.15) is 11.8 Å². The molecule has 1 aliphatic rings. The van der Waals surface area contributed by atoms with Crippen molar-refractivity contribution in [1.82, 2.24) is 5.32 Å². The lowest BCUT2D eigenvalue weighted by molar-refractivity contribution is -0.323. The molecule has 0 aromatic carbocycles. The number of nitrogens with one attached hydrogen (secondary N) is 1. The molecule has 2 nitrogen and oxygen atoms in total. The van der Waals surface area contributed by atoms with Gasteiger partial charge in [-0.3, -0.25) is 4.74 Å². The Bertz CT molecular complexity index is 201. The van der Waals surface area contributed by atoms with E-state index in [2.05, 4.69) is 17.0 Å². The zero-order chi connectivity index (χ0) is 12.0. The van der Waals surface area contributed by atoms with E-state index in [1.54, 1.807) is 0 Å². The second-order valence-electron chi connectivity index (χ2n) is 3.84. The van der Waals surface area contributed by atoms with E-state index in [0.717, 1.165) is 25.0 Å². The van der Waals surface area contributed by atoms with Gasteiger partial charge in [0.15, 0.2) is 0 Å². The van der Waals surface area contributed by atoms with Crippen LogP contribution >= 0.6 is 11.8 Å². The van der Waals surface area contributed by atoms with Gasteiger partial charge in [0.2, 0.25) is 0 Å². The predicted octanol–water partition coefficient (Wildman–Crippen LogP) is 2.79. The fourth-order valence-electron chi connectivity index (χ4n) is 1.94. The van der Waals surface area contributed by atoms with E-state index in [-0.39, 0.29) is 13.2 Å². The number of halogens is 3. The van der Waals surface area contributed by atoms with Crippen molar-refractivity contribution in [1.29, 1.82) is 0 Å². The Kier molecular flexibility index (Phi) is 5.92. The van der Waals surface area contributed by atoms with Crippen molar-refractivity contribution in [2.75, 3.05) is 18.9 Å². The van der Waals surface area contributed by atoms with Crippen LogP contribution in [-0.4, -0.2) is 36.6 Å². The van der Waals surface area contributed by atoms with Crippen LogP contribution in [0, 0.1) is 0 Å². The predicted molar refractivity (Wildman–Crippen MR) is 59.6 cm³/mol. The summed E-state index contributed by atoms with van der Waals surface area (Å²) in [6, 6.07) is 0.362. The number of hydrogen-bond donors (Lipinski definition) is 1. The van der Waals surface area contributed by atoms with E-state index in [4.69, 9.17) is 0 Å². The minimum atomic E-state index is -4.50. The molecular weight excluding hydrogens is 239 g/mol.